The fourth-order valence-electron chi connectivity index (χ4n) is 5.57. The van der Waals surface area contributed by atoms with Gasteiger partial charge in [0.2, 0.25) is 0 Å². The maximum atomic E-state index is 13.6. The Morgan fingerprint density at radius 1 is 0.949 bits per heavy atom. The third kappa shape index (κ3) is 5.05. The minimum atomic E-state index is -0.452. The maximum absolute atomic E-state index is 13.6. The van der Waals surface area contributed by atoms with Gasteiger partial charge in [-0.2, -0.15) is 0 Å². The molecule has 0 unspecified atom stereocenters. The molecule has 0 radical (unpaired) electrons. The number of hydrogen-bond donors (Lipinski definition) is 1. The van der Waals surface area contributed by atoms with Crippen molar-refractivity contribution in [3.8, 4) is 0 Å². The molecule has 0 aliphatic carbocycles. The number of para-hydroxylation sites is 1. The summed E-state index contributed by atoms with van der Waals surface area (Å²) in [5, 5.41) is 13.7. The minimum Gasteiger partial charge on any atom is -0.369 e. The summed E-state index contributed by atoms with van der Waals surface area (Å²) in [4.78, 5) is 21.4. The molecule has 6 rings (SSSR count). The first-order valence-electron chi connectivity index (χ1n) is 13.1. The number of nitrogens with zero attached hydrogens (tertiary/aromatic N) is 6. The monoisotopic (exact) mass is 523 g/mol. The van der Waals surface area contributed by atoms with Gasteiger partial charge in [0.05, 0.1) is 12.1 Å². The van der Waals surface area contributed by atoms with Gasteiger partial charge in [0, 0.05) is 37.4 Å². The van der Waals surface area contributed by atoms with Crippen LogP contribution in [0.25, 0.3) is 10.9 Å². The topological polar surface area (TPSA) is 82.9 Å². The Hall–Kier alpha value is -4.37. The highest BCUT2D eigenvalue weighted by atomic mass is 19.1. The number of pyridine rings is 1. The van der Waals surface area contributed by atoms with E-state index in [1.807, 2.05) is 31.2 Å². The zero-order valence-corrected chi connectivity index (χ0v) is 22.0. The number of nitrogens with one attached hydrogen (secondary N) is 1. The standard InChI is InChI=1S/C30H30FN7O/c1-20-16-21(2)27-23(17-20)18-26(30(39)32-27)28(37-14-12-36(13-15-37)25-6-4-3-5-7-25)29-33-34-35-38(29)19-22-8-10-24(31)11-9-22/h3-11,16-18,28H,12-15,19H2,1-2H3,(H,32,39)/t28-/m1/s1. The molecule has 3 aromatic carbocycles. The first kappa shape index (κ1) is 24.9. The van der Waals surface area contributed by atoms with Crippen LogP contribution in [0, 0.1) is 19.7 Å². The molecule has 8 nitrogen and oxygen atoms in total. The van der Waals surface area contributed by atoms with Gasteiger partial charge in [-0.05, 0) is 77.2 Å². The Morgan fingerprint density at radius 3 is 2.44 bits per heavy atom. The Morgan fingerprint density at radius 2 is 1.69 bits per heavy atom. The van der Waals surface area contributed by atoms with Gasteiger partial charge in [-0.15, -0.1) is 5.10 Å². The molecule has 1 aliphatic heterocycles. The van der Waals surface area contributed by atoms with E-state index in [0.29, 0.717) is 17.9 Å². The van der Waals surface area contributed by atoms with E-state index in [1.165, 1.54) is 17.8 Å². The minimum absolute atomic E-state index is 0.152. The van der Waals surface area contributed by atoms with Crippen LogP contribution in [-0.2, 0) is 6.54 Å². The van der Waals surface area contributed by atoms with Crippen molar-refractivity contribution in [3.05, 3.63) is 117 Å². The predicted octanol–water partition coefficient (Wildman–Crippen LogP) is 4.23. The van der Waals surface area contributed by atoms with Crippen molar-refractivity contribution < 1.29 is 4.39 Å². The average Bonchev–Trinajstić information content (AvgIpc) is 3.39. The zero-order chi connectivity index (χ0) is 26.9. The molecule has 1 atom stereocenters. The summed E-state index contributed by atoms with van der Waals surface area (Å²) >= 11 is 0. The Bertz CT molecular complexity index is 1660. The normalized spacial score (nSPS) is 15.1. The second-order valence-electron chi connectivity index (χ2n) is 10.2. The third-order valence-corrected chi connectivity index (χ3v) is 7.47. The van der Waals surface area contributed by atoms with Crippen LogP contribution in [0.2, 0.25) is 0 Å². The lowest BCUT2D eigenvalue weighted by Crippen LogP contribution is -2.49. The highest BCUT2D eigenvalue weighted by Gasteiger charge is 2.33. The molecule has 2 aromatic heterocycles. The molecular weight excluding hydrogens is 493 g/mol. The van der Waals surface area contributed by atoms with Crippen LogP contribution in [0.3, 0.4) is 0 Å². The van der Waals surface area contributed by atoms with Gasteiger partial charge in [-0.25, -0.2) is 9.07 Å². The zero-order valence-electron chi connectivity index (χ0n) is 22.0. The molecule has 0 spiro atoms. The number of benzene rings is 3. The summed E-state index contributed by atoms with van der Waals surface area (Å²) in [6, 6.07) is 22.4. The molecule has 0 saturated carbocycles. The number of aromatic nitrogens is 5. The smallest absolute Gasteiger partial charge is 0.253 e. The molecule has 198 valence electrons. The average molecular weight is 524 g/mol. The molecule has 0 amide bonds. The van der Waals surface area contributed by atoms with E-state index < -0.39 is 6.04 Å². The van der Waals surface area contributed by atoms with Gasteiger partial charge in [-0.1, -0.05) is 42.0 Å². The number of aryl methyl sites for hydroxylation is 2. The fraction of sp³-hybridized carbons (Fsp3) is 0.267. The van der Waals surface area contributed by atoms with E-state index in [-0.39, 0.29) is 11.4 Å². The van der Waals surface area contributed by atoms with Crippen LogP contribution in [0.1, 0.15) is 34.1 Å². The molecule has 5 aromatic rings. The van der Waals surface area contributed by atoms with E-state index in [9.17, 15) is 9.18 Å². The quantitative estimate of drug-likeness (QED) is 0.359. The van der Waals surface area contributed by atoms with Crippen LogP contribution in [-0.4, -0.2) is 56.3 Å². The summed E-state index contributed by atoms with van der Waals surface area (Å²) in [6.07, 6.45) is 0. The fourth-order valence-corrected chi connectivity index (χ4v) is 5.57. The number of piperazine rings is 1. The number of rotatable bonds is 6. The van der Waals surface area contributed by atoms with Crippen molar-refractivity contribution in [1.82, 2.24) is 30.1 Å². The highest BCUT2D eigenvalue weighted by molar-refractivity contribution is 5.83. The summed E-state index contributed by atoms with van der Waals surface area (Å²) < 4.78 is 15.2. The Labute approximate surface area is 225 Å². The molecular formula is C30H30FN7O. The van der Waals surface area contributed by atoms with Gasteiger partial charge in [0.25, 0.3) is 5.56 Å². The maximum Gasteiger partial charge on any atom is 0.253 e. The number of halogens is 1. The van der Waals surface area contributed by atoms with E-state index in [0.717, 1.165) is 53.8 Å². The summed E-state index contributed by atoms with van der Waals surface area (Å²) in [6.45, 7) is 7.51. The van der Waals surface area contributed by atoms with Gasteiger partial charge in [0.15, 0.2) is 5.82 Å². The van der Waals surface area contributed by atoms with Crippen molar-refractivity contribution in [2.24, 2.45) is 0 Å². The molecule has 0 bridgehead atoms. The second-order valence-corrected chi connectivity index (χ2v) is 10.2. The summed E-state index contributed by atoms with van der Waals surface area (Å²) in [5.74, 6) is 0.292. The van der Waals surface area contributed by atoms with E-state index in [2.05, 4.69) is 61.5 Å². The summed E-state index contributed by atoms with van der Waals surface area (Å²) in [5.41, 5.74) is 5.51. The molecule has 1 N–H and O–H groups in total. The molecule has 1 saturated heterocycles. The van der Waals surface area contributed by atoms with Crippen LogP contribution in [0.15, 0.2) is 77.6 Å². The number of H-pyrrole nitrogens is 1. The van der Waals surface area contributed by atoms with Crippen molar-refractivity contribution in [2.45, 2.75) is 26.4 Å². The van der Waals surface area contributed by atoms with Gasteiger partial charge in [0.1, 0.15) is 11.9 Å². The second kappa shape index (κ2) is 10.4. The Kier molecular flexibility index (Phi) is 6.66. The summed E-state index contributed by atoms with van der Waals surface area (Å²) in [7, 11) is 0. The van der Waals surface area contributed by atoms with Gasteiger partial charge >= 0.3 is 0 Å². The van der Waals surface area contributed by atoms with Crippen molar-refractivity contribution in [1.29, 1.82) is 0 Å². The SMILES string of the molecule is Cc1cc(C)c2[nH]c(=O)c([C@H](c3nnnn3Cc3ccc(F)cc3)N3CCN(c4ccccc4)CC3)cc2c1. The first-order valence-corrected chi connectivity index (χ1v) is 13.1. The number of aromatic amines is 1. The predicted molar refractivity (Wildman–Crippen MR) is 149 cm³/mol. The van der Waals surface area contributed by atoms with Crippen LogP contribution >= 0.6 is 0 Å². The largest absolute Gasteiger partial charge is 0.369 e. The van der Waals surface area contributed by atoms with Crippen molar-refractivity contribution in [2.75, 3.05) is 31.1 Å². The number of anilines is 1. The van der Waals surface area contributed by atoms with Crippen LogP contribution in [0.5, 0.6) is 0 Å². The number of tetrazole rings is 1. The van der Waals surface area contributed by atoms with Crippen LogP contribution in [0.4, 0.5) is 10.1 Å². The van der Waals surface area contributed by atoms with Crippen LogP contribution < -0.4 is 10.5 Å². The first-order chi connectivity index (χ1) is 19.0. The molecule has 1 aliphatic rings. The van der Waals surface area contributed by atoms with E-state index in [1.54, 1.807) is 16.8 Å². The van der Waals surface area contributed by atoms with Gasteiger partial charge < -0.3 is 9.88 Å². The number of hydrogen-bond acceptors (Lipinski definition) is 6. The van der Waals surface area contributed by atoms with Crippen molar-refractivity contribution >= 4 is 16.6 Å². The lowest BCUT2D eigenvalue weighted by Gasteiger charge is -2.39. The van der Waals surface area contributed by atoms with Gasteiger partial charge in [-0.3, -0.25) is 9.69 Å². The van der Waals surface area contributed by atoms with E-state index >= 15 is 0 Å². The lowest BCUT2D eigenvalue weighted by molar-refractivity contribution is 0.200. The molecule has 3 heterocycles. The molecule has 39 heavy (non-hydrogen) atoms. The number of fused-ring (bicyclic) bond motifs is 1. The molecule has 1 fully saturated rings. The lowest BCUT2D eigenvalue weighted by atomic mass is 10.00. The third-order valence-electron chi connectivity index (χ3n) is 7.47. The highest BCUT2D eigenvalue weighted by Crippen LogP contribution is 2.30. The molecule has 9 heteroatoms. The van der Waals surface area contributed by atoms with E-state index in [4.69, 9.17) is 0 Å². The van der Waals surface area contributed by atoms with Crippen molar-refractivity contribution in [3.63, 3.8) is 0 Å². The Balaban J connectivity index is 1.41.